The third-order valence-electron chi connectivity index (χ3n) is 7.55. The number of amides is 2. The maximum atomic E-state index is 13.2. The second-order valence-corrected chi connectivity index (χ2v) is 10.0. The van der Waals surface area contributed by atoms with E-state index >= 15 is 0 Å². The van der Waals surface area contributed by atoms with Crippen LogP contribution in [-0.2, 0) is 23.9 Å². The van der Waals surface area contributed by atoms with Crippen molar-refractivity contribution < 1.29 is 22.8 Å². The molecule has 2 amide bonds. The first kappa shape index (κ1) is 25.9. The average Bonchev–Trinajstić information content (AvgIpc) is 3.55. The maximum absolute atomic E-state index is 13.2. The van der Waals surface area contributed by atoms with Gasteiger partial charge in [-0.05, 0) is 56.2 Å². The Morgan fingerprint density at radius 3 is 2.55 bits per heavy atom. The molecule has 2 aromatic heterocycles. The highest BCUT2D eigenvalue weighted by Gasteiger charge is 2.35. The van der Waals surface area contributed by atoms with Crippen LogP contribution in [-0.4, -0.2) is 66.5 Å². The van der Waals surface area contributed by atoms with Crippen LogP contribution in [0.15, 0.2) is 36.5 Å². The molecule has 38 heavy (non-hydrogen) atoms. The largest absolute Gasteiger partial charge is 0.435 e. The summed E-state index contributed by atoms with van der Waals surface area (Å²) in [7, 11) is 1.80. The first-order valence-corrected chi connectivity index (χ1v) is 12.8. The number of piperidine rings is 1. The van der Waals surface area contributed by atoms with Gasteiger partial charge in [0.25, 0.3) is 5.91 Å². The normalized spacial score (nSPS) is 18.3. The molecule has 9 nitrogen and oxygen atoms in total. The van der Waals surface area contributed by atoms with E-state index in [1.165, 1.54) is 24.2 Å². The van der Waals surface area contributed by atoms with Gasteiger partial charge in [0.15, 0.2) is 11.4 Å². The predicted molar refractivity (Wildman–Crippen MR) is 131 cm³/mol. The van der Waals surface area contributed by atoms with Crippen molar-refractivity contribution in [2.45, 2.75) is 63.8 Å². The molecule has 5 rings (SSSR count). The van der Waals surface area contributed by atoms with Crippen molar-refractivity contribution in [3.05, 3.63) is 64.7 Å². The number of aryl methyl sites for hydroxylation is 2. The Morgan fingerprint density at radius 1 is 1.11 bits per heavy atom. The van der Waals surface area contributed by atoms with Gasteiger partial charge in [0, 0.05) is 25.8 Å². The number of nitrogens with zero attached hydrogens (tertiary/aromatic N) is 7. The lowest BCUT2D eigenvalue weighted by molar-refractivity contribution is -0.142. The summed E-state index contributed by atoms with van der Waals surface area (Å²) in [4.78, 5) is 30.9. The summed E-state index contributed by atoms with van der Waals surface area (Å²) >= 11 is 0. The van der Waals surface area contributed by atoms with E-state index in [2.05, 4.69) is 27.4 Å². The fraction of sp³-hybridized carbons (Fsp3) is 0.500. The molecule has 1 aromatic carbocycles. The molecule has 2 aliphatic rings. The molecule has 0 N–H and O–H groups in total. The SMILES string of the molecule is Cc1cc(C(F)(F)F)nn1CC(=O)N1CCC(n2ncc(C(=O)N(C)[C@@H]3CCCc4ccccc43)n2)CC1. The number of aromatic nitrogens is 5. The van der Waals surface area contributed by atoms with E-state index < -0.39 is 11.9 Å². The van der Waals surface area contributed by atoms with E-state index in [4.69, 9.17) is 0 Å². The third-order valence-corrected chi connectivity index (χ3v) is 7.55. The van der Waals surface area contributed by atoms with Crippen LogP contribution in [0.2, 0.25) is 0 Å². The van der Waals surface area contributed by atoms with Gasteiger partial charge in [-0.25, -0.2) is 0 Å². The van der Waals surface area contributed by atoms with Crippen LogP contribution in [0.5, 0.6) is 0 Å². The number of alkyl halides is 3. The Kier molecular flexibility index (Phi) is 6.97. The summed E-state index contributed by atoms with van der Waals surface area (Å²) in [5.74, 6) is -0.472. The number of halogens is 3. The lowest BCUT2D eigenvalue weighted by Gasteiger charge is -2.33. The molecule has 1 fully saturated rings. The molecule has 1 aliphatic heterocycles. The Morgan fingerprint density at radius 2 is 1.84 bits per heavy atom. The Labute approximate surface area is 218 Å². The number of rotatable bonds is 5. The van der Waals surface area contributed by atoms with E-state index in [0.717, 1.165) is 30.0 Å². The average molecular weight is 530 g/mol. The van der Waals surface area contributed by atoms with Gasteiger partial charge in [-0.2, -0.15) is 28.2 Å². The first-order chi connectivity index (χ1) is 18.1. The van der Waals surface area contributed by atoms with Crippen LogP contribution >= 0.6 is 0 Å². The van der Waals surface area contributed by atoms with Crippen molar-refractivity contribution in [2.24, 2.45) is 0 Å². The number of likely N-dealkylation sites (tertiary alicyclic amines) is 1. The van der Waals surface area contributed by atoms with Crippen molar-refractivity contribution in [3.63, 3.8) is 0 Å². The van der Waals surface area contributed by atoms with Crippen LogP contribution in [0.25, 0.3) is 0 Å². The predicted octanol–water partition coefficient (Wildman–Crippen LogP) is 3.82. The Hall–Kier alpha value is -3.70. The molecule has 0 spiro atoms. The van der Waals surface area contributed by atoms with Crippen molar-refractivity contribution >= 4 is 11.8 Å². The van der Waals surface area contributed by atoms with E-state index in [0.29, 0.717) is 25.9 Å². The molecular weight excluding hydrogens is 499 g/mol. The van der Waals surface area contributed by atoms with Crippen LogP contribution in [0, 0.1) is 6.92 Å². The van der Waals surface area contributed by atoms with Crippen molar-refractivity contribution in [2.75, 3.05) is 20.1 Å². The molecule has 1 saturated heterocycles. The zero-order chi connectivity index (χ0) is 27.0. The molecule has 0 unspecified atom stereocenters. The van der Waals surface area contributed by atoms with Gasteiger partial charge in [-0.15, -0.1) is 5.10 Å². The van der Waals surface area contributed by atoms with Gasteiger partial charge in [0.1, 0.15) is 6.54 Å². The van der Waals surface area contributed by atoms with Crippen LogP contribution in [0.1, 0.15) is 70.8 Å². The summed E-state index contributed by atoms with van der Waals surface area (Å²) in [6.45, 7) is 2.08. The second-order valence-electron chi connectivity index (χ2n) is 10.0. The summed E-state index contributed by atoms with van der Waals surface area (Å²) < 4.78 is 39.8. The molecule has 1 atom stereocenters. The lowest BCUT2D eigenvalue weighted by atomic mass is 9.87. The third kappa shape index (κ3) is 5.16. The van der Waals surface area contributed by atoms with Gasteiger partial charge in [0.05, 0.1) is 18.3 Å². The van der Waals surface area contributed by atoms with Crippen molar-refractivity contribution in [3.8, 4) is 0 Å². The number of fused-ring (bicyclic) bond motifs is 1. The number of hydrogen-bond acceptors (Lipinski definition) is 5. The minimum atomic E-state index is -4.55. The summed E-state index contributed by atoms with van der Waals surface area (Å²) in [5.41, 5.74) is 2.01. The van der Waals surface area contributed by atoms with Gasteiger partial charge in [-0.1, -0.05) is 24.3 Å². The summed E-state index contributed by atoms with van der Waals surface area (Å²) in [5, 5.41) is 12.4. The molecule has 3 aromatic rings. The highest BCUT2D eigenvalue weighted by atomic mass is 19.4. The van der Waals surface area contributed by atoms with Crippen molar-refractivity contribution in [1.82, 2.24) is 34.6 Å². The fourth-order valence-corrected chi connectivity index (χ4v) is 5.39. The number of carbonyl (C=O) groups excluding carboxylic acids is 2. The molecular formula is C26H30F3N7O2. The number of hydrogen-bond donors (Lipinski definition) is 0. The summed E-state index contributed by atoms with van der Waals surface area (Å²) in [6, 6.07) is 9.07. The van der Waals surface area contributed by atoms with Gasteiger partial charge in [0.2, 0.25) is 5.91 Å². The quantitative estimate of drug-likeness (QED) is 0.502. The number of carbonyl (C=O) groups is 2. The number of benzene rings is 1. The van der Waals surface area contributed by atoms with E-state index in [1.54, 1.807) is 21.6 Å². The Bertz CT molecular complexity index is 1320. The zero-order valence-corrected chi connectivity index (χ0v) is 21.4. The van der Waals surface area contributed by atoms with Crippen LogP contribution in [0.3, 0.4) is 0 Å². The molecule has 0 bridgehead atoms. The fourth-order valence-electron chi connectivity index (χ4n) is 5.39. The minimum Gasteiger partial charge on any atom is -0.341 e. The first-order valence-electron chi connectivity index (χ1n) is 12.8. The molecule has 3 heterocycles. The molecule has 202 valence electrons. The molecule has 1 aliphatic carbocycles. The molecule has 0 radical (unpaired) electrons. The molecule has 0 saturated carbocycles. The van der Waals surface area contributed by atoms with Crippen LogP contribution in [0.4, 0.5) is 13.2 Å². The van der Waals surface area contributed by atoms with E-state index in [1.807, 2.05) is 12.1 Å². The maximum Gasteiger partial charge on any atom is 0.435 e. The van der Waals surface area contributed by atoms with Crippen LogP contribution < -0.4 is 0 Å². The van der Waals surface area contributed by atoms with E-state index in [9.17, 15) is 22.8 Å². The van der Waals surface area contributed by atoms with Gasteiger partial charge in [-0.3, -0.25) is 14.3 Å². The summed E-state index contributed by atoms with van der Waals surface area (Å²) in [6.07, 6.45) is 1.02. The monoisotopic (exact) mass is 529 g/mol. The lowest BCUT2D eigenvalue weighted by Crippen LogP contribution is -2.41. The zero-order valence-electron chi connectivity index (χ0n) is 21.4. The Balaban J connectivity index is 1.18. The van der Waals surface area contributed by atoms with Gasteiger partial charge >= 0.3 is 6.18 Å². The highest BCUT2D eigenvalue weighted by Crippen LogP contribution is 2.34. The second kappa shape index (κ2) is 10.2. The molecule has 12 heteroatoms. The van der Waals surface area contributed by atoms with Crippen molar-refractivity contribution in [1.29, 1.82) is 0 Å². The topological polar surface area (TPSA) is 89.2 Å². The smallest absolute Gasteiger partial charge is 0.341 e. The minimum absolute atomic E-state index is 0.00233. The van der Waals surface area contributed by atoms with E-state index in [-0.39, 0.29) is 41.8 Å². The van der Waals surface area contributed by atoms with Gasteiger partial charge < -0.3 is 9.80 Å². The standard InChI is InChI=1S/C26H30F3N7O2/c1-17-14-23(26(27,28)29)32-35(17)16-24(37)34-12-10-19(11-13-34)36-30-15-21(31-36)25(38)33(2)22-9-5-7-18-6-3-4-8-20(18)22/h3-4,6,8,14-15,19,22H,5,7,9-13,16H2,1-2H3/t22-/m1/s1. The highest BCUT2D eigenvalue weighted by molar-refractivity contribution is 5.92.